The molecule has 0 bridgehead atoms. The minimum Gasteiger partial charge on any atom is -0.373 e. The van der Waals surface area contributed by atoms with Crippen LogP contribution in [0, 0.1) is 11.3 Å². The van der Waals surface area contributed by atoms with Crippen molar-refractivity contribution in [3.05, 3.63) is 53.6 Å². The molecular formula is C18H18N2S. The van der Waals surface area contributed by atoms with Gasteiger partial charge in [0.15, 0.2) is 0 Å². The second kappa shape index (κ2) is 5.13. The Labute approximate surface area is 131 Å². The molecule has 0 aliphatic carbocycles. The van der Waals surface area contributed by atoms with Gasteiger partial charge in [-0.15, -0.1) is 0 Å². The Morgan fingerprint density at radius 1 is 1.19 bits per heavy atom. The molecule has 0 amide bonds. The average molecular weight is 294 g/mol. The van der Waals surface area contributed by atoms with Crippen molar-refractivity contribution in [3.63, 3.8) is 0 Å². The number of thiol groups is 1. The maximum Gasteiger partial charge on any atom is 0.0991 e. The normalized spacial score (nSPS) is 19.2. The molecule has 1 aliphatic rings. The molecule has 3 heteroatoms. The van der Waals surface area contributed by atoms with Crippen LogP contribution in [-0.4, -0.2) is 5.37 Å². The van der Waals surface area contributed by atoms with E-state index in [1.807, 2.05) is 24.3 Å². The zero-order valence-electron chi connectivity index (χ0n) is 12.2. The van der Waals surface area contributed by atoms with Crippen molar-refractivity contribution in [1.29, 1.82) is 5.26 Å². The Bertz CT molecular complexity index is 728. The zero-order valence-corrected chi connectivity index (χ0v) is 13.1. The van der Waals surface area contributed by atoms with Crippen molar-refractivity contribution < 1.29 is 0 Å². The van der Waals surface area contributed by atoms with Gasteiger partial charge in [0.25, 0.3) is 0 Å². The molecule has 0 fully saturated rings. The van der Waals surface area contributed by atoms with Gasteiger partial charge >= 0.3 is 0 Å². The van der Waals surface area contributed by atoms with Gasteiger partial charge in [-0.3, -0.25) is 0 Å². The summed E-state index contributed by atoms with van der Waals surface area (Å²) in [6.07, 6.45) is 0.991. The van der Waals surface area contributed by atoms with Crippen LogP contribution in [0.5, 0.6) is 0 Å². The number of anilines is 1. The maximum atomic E-state index is 9.04. The number of hydrogen-bond acceptors (Lipinski definition) is 3. The molecule has 0 radical (unpaired) electrons. The van der Waals surface area contributed by atoms with Crippen LogP contribution in [0.1, 0.15) is 31.4 Å². The highest BCUT2D eigenvalue weighted by molar-refractivity contribution is 7.81. The van der Waals surface area contributed by atoms with E-state index in [1.165, 1.54) is 5.56 Å². The lowest BCUT2D eigenvalue weighted by molar-refractivity contribution is 0.470. The molecule has 1 unspecified atom stereocenters. The van der Waals surface area contributed by atoms with Crippen molar-refractivity contribution in [2.45, 2.75) is 31.1 Å². The summed E-state index contributed by atoms with van der Waals surface area (Å²) in [5.41, 5.74) is 5.49. The third-order valence-electron chi connectivity index (χ3n) is 4.10. The Kier molecular flexibility index (Phi) is 3.43. The minimum atomic E-state index is 0.0931. The molecule has 2 aromatic carbocycles. The van der Waals surface area contributed by atoms with Gasteiger partial charge in [0, 0.05) is 5.69 Å². The molecule has 1 aliphatic heterocycles. The van der Waals surface area contributed by atoms with Gasteiger partial charge < -0.3 is 5.32 Å². The van der Waals surface area contributed by atoms with E-state index in [4.69, 9.17) is 5.26 Å². The van der Waals surface area contributed by atoms with Crippen LogP contribution >= 0.6 is 12.6 Å². The van der Waals surface area contributed by atoms with E-state index < -0.39 is 0 Å². The predicted octanol–water partition coefficient (Wildman–Crippen LogP) is 4.57. The summed E-state index contributed by atoms with van der Waals surface area (Å²) < 4.78 is 0. The number of benzene rings is 2. The summed E-state index contributed by atoms with van der Waals surface area (Å²) in [6.45, 7) is 4.51. The third kappa shape index (κ3) is 2.64. The Balaban J connectivity index is 2.09. The molecule has 1 heterocycles. The third-order valence-corrected chi connectivity index (χ3v) is 4.41. The largest absolute Gasteiger partial charge is 0.373 e. The van der Waals surface area contributed by atoms with E-state index in [-0.39, 0.29) is 10.8 Å². The van der Waals surface area contributed by atoms with Crippen LogP contribution in [-0.2, 0) is 5.41 Å². The Hall–Kier alpha value is -1.92. The molecule has 21 heavy (non-hydrogen) atoms. The number of hydrogen-bond donors (Lipinski definition) is 2. The lowest BCUT2D eigenvalue weighted by atomic mass is 9.77. The fourth-order valence-corrected chi connectivity index (χ4v) is 3.60. The van der Waals surface area contributed by atoms with Crippen LogP contribution in [0.15, 0.2) is 42.5 Å². The van der Waals surface area contributed by atoms with Gasteiger partial charge in [-0.25, -0.2) is 0 Å². The van der Waals surface area contributed by atoms with Gasteiger partial charge in [0.1, 0.15) is 0 Å². The van der Waals surface area contributed by atoms with Crippen molar-refractivity contribution >= 4 is 18.3 Å². The predicted molar refractivity (Wildman–Crippen MR) is 90.6 cm³/mol. The van der Waals surface area contributed by atoms with Gasteiger partial charge in [0.05, 0.1) is 17.0 Å². The van der Waals surface area contributed by atoms with Crippen LogP contribution in [0.3, 0.4) is 0 Å². The topological polar surface area (TPSA) is 35.8 Å². The second-order valence-electron chi connectivity index (χ2n) is 6.20. The number of rotatable bonds is 1. The lowest BCUT2D eigenvalue weighted by Gasteiger charge is -2.37. The van der Waals surface area contributed by atoms with Crippen LogP contribution in [0.4, 0.5) is 5.69 Å². The van der Waals surface area contributed by atoms with Crippen LogP contribution in [0.2, 0.25) is 0 Å². The summed E-state index contributed by atoms with van der Waals surface area (Å²) >= 11 is 4.57. The highest BCUT2D eigenvalue weighted by Crippen LogP contribution is 2.41. The first-order valence-corrected chi connectivity index (χ1v) is 7.61. The molecule has 3 rings (SSSR count). The molecule has 106 valence electrons. The fourth-order valence-electron chi connectivity index (χ4n) is 3.00. The van der Waals surface area contributed by atoms with E-state index in [9.17, 15) is 0 Å². The lowest BCUT2D eigenvalue weighted by Crippen LogP contribution is -2.33. The van der Waals surface area contributed by atoms with Gasteiger partial charge in [-0.1, -0.05) is 32.0 Å². The monoisotopic (exact) mass is 294 g/mol. The minimum absolute atomic E-state index is 0.0931. The standard InChI is InChI=1S/C18H18N2S/c1-18(2)10-17(21)20-16-7-6-14(9-15(16)18)13-5-3-4-12(8-13)11-19/h3-9,17,20-21H,10H2,1-2H3. The SMILES string of the molecule is CC1(C)CC(S)Nc2ccc(-c3cccc(C#N)c3)cc21. The molecule has 0 saturated carbocycles. The number of fused-ring (bicyclic) bond motifs is 1. The van der Waals surface area contributed by atoms with Gasteiger partial charge in [0.2, 0.25) is 0 Å². The first-order chi connectivity index (χ1) is 9.99. The Morgan fingerprint density at radius 3 is 2.71 bits per heavy atom. The highest BCUT2D eigenvalue weighted by atomic mass is 32.1. The van der Waals surface area contributed by atoms with Crippen LogP contribution < -0.4 is 5.32 Å². The molecule has 1 atom stereocenters. The van der Waals surface area contributed by atoms with Crippen molar-refractivity contribution in [1.82, 2.24) is 0 Å². The van der Waals surface area contributed by atoms with Crippen molar-refractivity contribution in [2.24, 2.45) is 0 Å². The fraction of sp³-hybridized carbons (Fsp3) is 0.278. The molecule has 1 N–H and O–H groups in total. The molecule has 0 spiro atoms. The van der Waals surface area contributed by atoms with Crippen molar-refractivity contribution in [3.8, 4) is 17.2 Å². The van der Waals surface area contributed by atoms with Gasteiger partial charge in [-0.05, 0) is 52.8 Å². The van der Waals surface area contributed by atoms with E-state index >= 15 is 0 Å². The van der Waals surface area contributed by atoms with Crippen molar-refractivity contribution in [2.75, 3.05) is 5.32 Å². The number of nitriles is 1. The van der Waals surface area contributed by atoms with E-state index in [0.29, 0.717) is 5.56 Å². The van der Waals surface area contributed by atoms with E-state index in [0.717, 1.165) is 23.2 Å². The van der Waals surface area contributed by atoms with E-state index in [2.05, 4.69) is 56.1 Å². The molecular weight excluding hydrogens is 276 g/mol. The molecule has 2 nitrogen and oxygen atoms in total. The molecule has 0 saturated heterocycles. The van der Waals surface area contributed by atoms with Crippen LogP contribution in [0.25, 0.3) is 11.1 Å². The quantitative estimate of drug-likeness (QED) is 0.755. The Morgan fingerprint density at radius 2 is 1.95 bits per heavy atom. The zero-order chi connectivity index (χ0) is 15.0. The number of nitrogens with zero attached hydrogens (tertiary/aromatic N) is 1. The molecule has 2 aromatic rings. The first kappa shape index (κ1) is 14.0. The average Bonchev–Trinajstić information content (AvgIpc) is 2.46. The summed E-state index contributed by atoms with van der Waals surface area (Å²) in [6, 6.07) is 16.4. The summed E-state index contributed by atoms with van der Waals surface area (Å²) in [5, 5.41) is 12.7. The summed E-state index contributed by atoms with van der Waals surface area (Å²) in [7, 11) is 0. The number of nitrogens with one attached hydrogen (secondary N) is 1. The summed E-state index contributed by atoms with van der Waals surface area (Å²) in [5.74, 6) is 0. The van der Waals surface area contributed by atoms with E-state index in [1.54, 1.807) is 0 Å². The second-order valence-corrected chi connectivity index (χ2v) is 6.82. The van der Waals surface area contributed by atoms with Gasteiger partial charge in [-0.2, -0.15) is 17.9 Å². The summed E-state index contributed by atoms with van der Waals surface area (Å²) in [4.78, 5) is 0. The molecule has 0 aromatic heterocycles. The first-order valence-electron chi connectivity index (χ1n) is 7.09. The maximum absolute atomic E-state index is 9.04. The highest BCUT2D eigenvalue weighted by Gasteiger charge is 2.31. The smallest absolute Gasteiger partial charge is 0.0991 e.